The monoisotopic (exact) mass is 442 g/mol. The summed E-state index contributed by atoms with van der Waals surface area (Å²) in [6.45, 7) is 8.72. The van der Waals surface area contributed by atoms with Gasteiger partial charge in [0.15, 0.2) is 5.82 Å². The van der Waals surface area contributed by atoms with Crippen molar-refractivity contribution in [3.8, 4) is 0 Å². The molecule has 1 aromatic heterocycles. The normalized spacial score (nSPS) is 12.1. The first kappa shape index (κ1) is 23.5. The lowest BCUT2D eigenvalue weighted by Crippen LogP contribution is -2.46. The molecule has 0 aliphatic heterocycles. The van der Waals surface area contributed by atoms with Gasteiger partial charge in [-0.05, 0) is 32.0 Å². The van der Waals surface area contributed by atoms with Gasteiger partial charge in [-0.25, -0.2) is 13.6 Å². The zero-order chi connectivity index (χ0) is 23.7. The summed E-state index contributed by atoms with van der Waals surface area (Å²) in [7, 11) is 1.15. The first-order valence-corrected chi connectivity index (χ1v) is 8.54. The van der Waals surface area contributed by atoms with Crippen LogP contribution >= 0.6 is 0 Å². The third-order valence-electron chi connectivity index (χ3n) is 4.44. The summed E-state index contributed by atoms with van der Waals surface area (Å²) in [5.74, 6) is -6.62. The van der Waals surface area contributed by atoms with E-state index in [1.54, 1.807) is 0 Å². The van der Waals surface area contributed by atoms with Crippen molar-refractivity contribution in [1.82, 2.24) is 9.88 Å². The molecule has 1 heterocycles. The van der Waals surface area contributed by atoms with E-state index in [4.69, 9.17) is 6.57 Å². The highest BCUT2D eigenvalue weighted by Gasteiger charge is 2.39. The summed E-state index contributed by atoms with van der Waals surface area (Å²) in [6, 6.07) is 0.689. The van der Waals surface area contributed by atoms with Gasteiger partial charge in [0, 0.05) is 18.4 Å². The highest BCUT2D eigenvalue weighted by Crippen LogP contribution is 2.26. The SMILES string of the molecule is [C-]#[N+]c1cc(NC(=O)c2c(F)c(C(=O)C(=O)N[C@@H](C)C(F)(F)F)n(C)c2C)ccc1F. The predicted molar refractivity (Wildman–Crippen MR) is 98.7 cm³/mol. The zero-order valence-electron chi connectivity index (χ0n) is 16.3. The maximum absolute atomic E-state index is 14.9. The molecule has 0 radical (unpaired) electrons. The molecule has 31 heavy (non-hydrogen) atoms. The lowest BCUT2D eigenvalue weighted by Gasteiger charge is -2.16. The van der Waals surface area contributed by atoms with Gasteiger partial charge in [0.25, 0.3) is 17.6 Å². The number of nitrogens with one attached hydrogen (secondary N) is 2. The first-order chi connectivity index (χ1) is 14.3. The molecule has 1 atom stereocenters. The van der Waals surface area contributed by atoms with Crippen LogP contribution in [0.5, 0.6) is 0 Å². The average molecular weight is 442 g/mol. The number of Topliss-reactive ketones (excluding diaryl/α,β-unsaturated/α-hetero) is 1. The van der Waals surface area contributed by atoms with E-state index >= 15 is 0 Å². The number of anilines is 1. The van der Waals surface area contributed by atoms with Crippen LogP contribution in [0.15, 0.2) is 18.2 Å². The Morgan fingerprint density at radius 3 is 2.35 bits per heavy atom. The standard InChI is InChI=1S/C19H15F5N4O3/c1-8-13(17(30)27-10-5-6-11(20)12(7-10)25-3)14(21)15(28(8)4)16(29)18(31)26-9(2)19(22,23)24/h5-7,9H,1-2,4H3,(H,26,31)(H,27,30)/t9-/m0/s1. The van der Waals surface area contributed by atoms with E-state index in [1.165, 1.54) is 12.2 Å². The Labute approximate surface area is 172 Å². The van der Waals surface area contributed by atoms with Crippen molar-refractivity contribution in [2.24, 2.45) is 7.05 Å². The van der Waals surface area contributed by atoms with Crippen LogP contribution < -0.4 is 10.6 Å². The number of halogens is 5. The molecule has 2 amide bonds. The highest BCUT2D eigenvalue weighted by molar-refractivity contribution is 6.42. The molecule has 0 aliphatic carbocycles. The van der Waals surface area contributed by atoms with Crippen molar-refractivity contribution in [2.75, 3.05) is 5.32 Å². The maximum Gasteiger partial charge on any atom is 0.408 e. The Morgan fingerprint density at radius 1 is 1.19 bits per heavy atom. The van der Waals surface area contributed by atoms with Crippen LogP contribution in [-0.2, 0) is 11.8 Å². The van der Waals surface area contributed by atoms with Gasteiger partial charge in [0.05, 0.1) is 12.1 Å². The van der Waals surface area contributed by atoms with Crippen molar-refractivity contribution in [2.45, 2.75) is 26.1 Å². The Bertz CT molecular complexity index is 1120. The van der Waals surface area contributed by atoms with Gasteiger partial charge >= 0.3 is 6.18 Å². The van der Waals surface area contributed by atoms with E-state index in [1.807, 2.05) is 0 Å². The van der Waals surface area contributed by atoms with Gasteiger partial charge in [-0.3, -0.25) is 14.4 Å². The van der Waals surface area contributed by atoms with Crippen LogP contribution in [0.1, 0.15) is 33.5 Å². The molecule has 0 spiro atoms. The molecule has 0 aliphatic rings. The van der Waals surface area contributed by atoms with Crippen LogP contribution in [0, 0.1) is 25.1 Å². The second kappa shape index (κ2) is 8.55. The van der Waals surface area contributed by atoms with Gasteiger partial charge in [-0.2, -0.15) is 13.2 Å². The van der Waals surface area contributed by atoms with Crippen molar-refractivity contribution < 1.29 is 36.3 Å². The number of ketones is 1. The summed E-state index contributed by atoms with van der Waals surface area (Å²) >= 11 is 0. The topological polar surface area (TPSA) is 84.6 Å². The van der Waals surface area contributed by atoms with Gasteiger partial charge in [-0.1, -0.05) is 0 Å². The molecule has 2 rings (SSSR count). The van der Waals surface area contributed by atoms with Crippen molar-refractivity contribution in [1.29, 1.82) is 0 Å². The van der Waals surface area contributed by atoms with E-state index in [-0.39, 0.29) is 11.4 Å². The Kier molecular flexibility index (Phi) is 6.49. The van der Waals surface area contributed by atoms with Gasteiger partial charge in [-0.15, -0.1) is 0 Å². The fourth-order valence-electron chi connectivity index (χ4n) is 2.60. The second-order valence-corrected chi connectivity index (χ2v) is 6.48. The van der Waals surface area contributed by atoms with E-state index in [9.17, 15) is 36.3 Å². The minimum atomic E-state index is -4.82. The number of rotatable bonds is 5. The zero-order valence-corrected chi connectivity index (χ0v) is 16.3. The van der Waals surface area contributed by atoms with Crippen molar-refractivity contribution >= 4 is 29.0 Å². The first-order valence-electron chi connectivity index (χ1n) is 8.54. The lowest BCUT2D eigenvalue weighted by molar-refractivity contribution is -0.156. The molecular weight excluding hydrogens is 427 g/mol. The largest absolute Gasteiger partial charge is 0.408 e. The molecule has 0 unspecified atom stereocenters. The quantitative estimate of drug-likeness (QED) is 0.321. The number of alkyl halides is 3. The number of benzene rings is 1. The predicted octanol–water partition coefficient (Wildman–Crippen LogP) is 3.66. The van der Waals surface area contributed by atoms with Gasteiger partial charge < -0.3 is 15.2 Å². The molecule has 1 aromatic carbocycles. The minimum Gasteiger partial charge on any atom is -0.342 e. The number of nitrogens with zero attached hydrogens (tertiary/aromatic N) is 2. The molecule has 0 saturated carbocycles. The summed E-state index contributed by atoms with van der Waals surface area (Å²) in [5.41, 5.74) is -2.08. The Hall–Kier alpha value is -3.75. The molecule has 0 fully saturated rings. The van der Waals surface area contributed by atoms with Gasteiger partial charge in [0.2, 0.25) is 5.69 Å². The fraction of sp³-hybridized carbons (Fsp3) is 0.263. The number of hydrogen-bond donors (Lipinski definition) is 2. The number of amides is 2. The number of carbonyl (C=O) groups is 3. The second-order valence-electron chi connectivity index (χ2n) is 6.48. The minimum absolute atomic E-state index is 0.0373. The molecule has 12 heteroatoms. The average Bonchev–Trinajstić information content (AvgIpc) is 2.90. The summed E-state index contributed by atoms with van der Waals surface area (Å²) in [5, 5.41) is 3.67. The van der Waals surface area contributed by atoms with Crippen LogP contribution in [0.2, 0.25) is 0 Å². The summed E-state index contributed by atoms with van der Waals surface area (Å²) < 4.78 is 66.9. The summed E-state index contributed by atoms with van der Waals surface area (Å²) in [6.07, 6.45) is -4.82. The molecule has 7 nitrogen and oxygen atoms in total. The molecule has 2 aromatic rings. The molecule has 164 valence electrons. The number of carbonyl (C=O) groups excluding carboxylic acids is 3. The molecule has 0 bridgehead atoms. The van der Waals surface area contributed by atoms with E-state index in [0.29, 0.717) is 6.92 Å². The van der Waals surface area contributed by atoms with Crippen molar-refractivity contribution in [3.05, 3.63) is 58.2 Å². The Morgan fingerprint density at radius 2 is 1.81 bits per heavy atom. The molecular formula is C19H15F5N4O3. The molecule has 2 N–H and O–H groups in total. The lowest BCUT2D eigenvalue weighted by atomic mass is 10.1. The van der Waals surface area contributed by atoms with Gasteiger partial charge in [0.1, 0.15) is 17.6 Å². The Balaban J connectivity index is 2.35. The van der Waals surface area contributed by atoms with Crippen LogP contribution in [0.3, 0.4) is 0 Å². The van der Waals surface area contributed by atoms with Crippen LogP contribution in [0.25, 0.3) is 4.85 Å². The van der Waals surface area contributed by atoms with Crippen molar-refractivity contribution in [3.63, 3.8) is 0 Å². The van der Waals surface area contributed by atoms with E-state index in [0.717, 1.165) is 29.8 Å². The number of hydrogen-bond acceptors (Lipinski definition) is 3. The summed E-state index contributed by atoms with van der Waals surface area (Å²) in [4.78, 5) is 39.6. The maximum atomic E-state index is 14.9. The number of aromatic nitrogens is 1. The fourth-order valence-corrected chi connectivity index (χ4v) is 2.60. The highest BCUT2D eigenvalue weighted by atomic mass is 19.4. The van der Waals surface area contributed by atoms with E-state index < -0.39 is 58.4 Å². The van der Waals surface area contributed by atoms with Crippen LogP contribution in [0.4, 0.5) is 33.3 Å². The third-order valence-corrected chi connectivity index (χ3v) is 4.44. The molecule has 0 saturated heterocycles. The third kappa shape index (κ3) is 4.71. The van der Waals surface area contributed by atoms with E-state index in [2.05, 4.69) is 10.2 Å². The smallest absolute Gasteiger partial charge is 0.342 e. The van der Waals surface area contributed by atoms with Crippen LogP contribution in [-0.4, -0.2) is 34.4 Å².